The largest absolute Gasteiger partial charge is 0.361 e. The van der Waals surface area contributed by atoms with Gasteiger partial charge in [0.2, 0.25) is 5.13 Å². The Hall–Kier alpha value is -1.96. The van der Waals surface area contributed by atoms with Gasteiger partial charge in [-0.2, -0.15) is 0 Å². The number of carbonyl (C=O) groups is 1. The van der Waals surface area contributed by atoms with E-state index in [1.165, 1.54) is 11.3 Å². The Morgan fingerprint density at radius 2 is 2.44 bits per heavy atom. The molecule has 0 spiro atoms. The molecule has 0 atom stereocenters. The van der Waals surface area contributed by atoms with E-state index in [1.807, 2.05) is 13.0 Å². The molecule has 0 aliphatic carbocycles. The molecule has 0 aromatic carbocycles. The van der Waals surface area contributed by atoms with Crippen molar-refractivity contribution in [3.05, 3.63) is 23.0 Å². The van der Waals surface area contributed by atoms with Crippen LogP contribution in [0.4, 0.5) is 9.93 Å². The number of amides is 2. The number of aryl methyl sites for hydroxylation is 1. The van der Waals surface area contributed by atoms with E-state index in [1.54, 1.807) is 10.4 Å². The molecule has 0 radical (unpaired) electrons. The highest BCUT2D eigenvalue weighted by atomic mass is 32.1. The second-order valence-electron chi connectivity index (χ2n) is 4.14. The van der Waals surface area contributed by atoms with Crippen molar-refractivity contribution in [1.82, 2.24) is 20.3 Å². The molecular weight excluding hydrogens is 254 g/mol. The number of hydrogen-bond donors (Lipinski definition) is 1. The summed E-state index contributed by atoms with van der Waals surface area (Å²) in [7, 11) is 0. The number of rotatable bonds is 2. The molecule has 2 amide bonds. The molecule has 1 fully saturated rings. The summed E-state index contributed by atoms with van der Waals surface area (Å²) in [6, 6.07) is 1.76. The molecule has 2 aromatic heterocycles. The molecule has 1 saturated heterocycles. The maximum Gasteiger partial charge on any atom is 0.323 e. The van der Waals surface area contributed by atoms with Crippen LogP contribution < -0.4 is 5.32 Å². The molecule has 1 aliphatic rings. The highest BCUT2D eigenvalue weighted by molar-refractivity contribution is 7.13. The Bertz CT molecular complexity index is 546. The highest BCUT2D eigenvalue weighted by Gasteiger charge is 2.33. The van der Waals surface area contributed by atoms with Gasteiger partial charge in [0, 0.05) is 25.1 Å². The highest BCUT2D eigenvalue weighted by Crippen LogP contribution is 2.27. The van der Waals surface area contributed by atoms with Crippen molar-refractivity contribution >= 4 is 22.5 Å². The Morgan fingerprint density at radius 1 is 1.61 bits per heavy atom. The zero-order valence-corrected chi connectivity index (χ0v) is 10.5. The Balaban J connectivity index is 1.54. The third kappa shape index (κ3) is 2.06. The molecular formula is C10H11N5O2S. The average molecular weight is 265 g/mol. The maximum atomic E-state index is 11.8. The van der Waals surface area contributed by atoms with Crippen LogP contribution in [-0.4, -0.2) is 39.4 Å². The van der Waals surface area contributed by atoms with Crippen LogP contribution in [0.3, 0.4) is 0 Å². The van der Waals surface area contributed by atoms with Gasteiger partial charge in [-0.3, -0.25) is 5.32 Å². The SMILES string of the molecule is Cc1cc(C2CN(C(=O)Nc3nncs3)C2)no1. The normalized spacial score (nSPS) is 15.5. The first kappa shape index (κ1) is 11.1. The van der Waals surface area contributed by atoms with E-state index in [0.29, 0.717) is 18.2 Å². The summed E-state index contributed by atoms with van der Waals surface area (Å²) in [5.41, 5.74) is 2.49. The fourth-order valence-corrected chi connectivity index (χ4v) is 2.24. The van der Waals surface area contributed by atoms with Crippen LogP contribution in [0.15, 0.2) is 16.1 Å². The summed E-state index contributed by atoms with van der Waals surface area (Å²) in [6.45, 7) is 3.16. The molecule has 8 heteroatoms. The summed E-state index contributed by atoms with van der Waals surface area (Å²) in [4.78, 5) is 13.5. The standard InChI is InChI=1S/C10H11N5O2S/c1-6-2-8(14-17-6)7-3-15(4-7)10(16)12-9-13-11-5-18-9/h2,5,7H,3-4H2,1H3,(H,12,13,16). The number of nitrogens with one attached hydrogen (secondary N) is 1. The van der Waals surface area contributed by atoms with Crippen molar-refractivity contribution in [3.63, 3.8) is 0 Å². The van der Waals surface area contributed by atoms with Crippen molar-refractivity contribution in [2.45, 2.75) is 12.8 Å². The van der Waals surface area contributed by atoms with Crippen LogP contribution in [0.2, 0.25) is 0 Å². The number of likely N-dealkylation sites (tertiary alicyclic amines) is 1. The molecule has 1 N–H and O–H groups in total. The third-order valence-electron chi connectivity index (χ3n) is 2.81. The number of carbonyl (C=O) groups excluding carboxylic acids is 1. The third-order valence-corrected chi connectivity index (χ3v) is 3.41. The lowest BCUT2D eigenvalue weighted by atomic mass is 9.97. The molecule has 0 saturated carbocycles. The van der Waals surface area contributed by atoms with Gasteiger partial charge in [-0.1, -0.05) is 16.5 Å². The van der Waals surface area contributed by atoms with Gasteiger partial charge in [-0.15, -0.1) is 10.2 Å². The van der Waals surface area contributed by atoms with Crippen molar-refractivity contribution in [2.75, 3.05) is 18.4 Å². The zero-order chi connectivity index (χ0) is 12.5. The molecule has 3 rings (SSSR count). The van der Waals surface area contributed by atoms with E-state index in [-0.39, 0.29) is 11.9 Å². The summed E-state index contributed by atoms with van der Waals surface area (Å²) >= 11 is 1.30. The van der Waals surface area contributed by atoms with Crippen molar-refractivity contribution in [2.24, 2.45) is 0 Å². The van der Waals surface area contributed by atoms with E-state index >= 15 is 0 Å². The van der Waals surface area contributed by atoms with Gasteiger partial charge < -0.3 is 9.42 Å². The second kappa shape index (κ2) is 4.37. The first-order valence-electron chi connectivity index (χ1n) is 5.47. The Morgan fingerprint density at radius 3 is 3.06 bits per heavy atom. The fraction of sp³-hybridized carbons (Fsp3) is 0.400. The van der Waals surface area contributed by atoms with Crippen molar-refractivity contribution < 1.29 is 9.32 Å². The lowest BCUT2D eigenvalue weighted by Crippen LogP contribution is -2.50. The molecule has 3 heterocycles. The first-order chi connectivity index (χ1) is 8.72. The number of nitrogens with zero attached hydrogens (tertiary/aromatic N) is 4. The van der Waals surface area contributed by atoms with Crippen LogP contribution >= 0.6 is 11.3 Å². The minimum absolute atomic E-state index is 0.150. The predicted octanol–water partition coefficient (Wildman–Crippen LogP) is 1.47. The van der Waals surface area contributed by atoms with E-state index < -0.39 is 0 Å². The van der Waals surface area contributed by atoms with E-state index in [2.05, 4.69) is 20.7 Å². The van der Waals surface area contributed by atoms with Gasteiger partial charge in [0.15, 0.2) is 0 Å². The molecule has 0 unspecified atom stereocenters. The zero-order valence-electron chi connectivity index (χ0n) is 9.66. The topological polar surface area (TPSA) is 84.2 Å². The fourth-order valence-electron chi connectivity index (χ4n) is 1.81. The minimum atomic E-state index is -0.150. The number of urea groups is 1. The van der Waals surface area contributed by atoms with Crippen molar-refractivity contribution in [3.8, 4) is 0 Å². The van der Waals surface area contributed by atoms with Crippen LogP contribution in [0.5, 0.6) is 0 Å². The number of anilines is 1. The van der Waals surface area contributed by atoms with E-state index in [9.17, 15) is 4.79 Å². The molecule has 18 heavy (non-hydrogen) atoms. The predicted molar refractivity (Wildman–Crippen MR) is 64.5 cm³/mol. The first-order valence-corrected chi connectivity index (χ1v) is 6.35. The van der Waals surface area contributed by atoms with Crippen LogP contribution in [0, 0.1) is 6.92 Å². The van der Waals surface area contributed by atoms with Crippen LogP contribution in [-0.2, 0) is 0 Å². The monoisotopic (exact) mass is 265 g/mol. The Labute approximate surface area is 107 Å². The van der Waals surface area contributed by atoms with Gasteiger partial charge in [0.1, 0.15) is 11.3 Å². The second-order valence-corrected chi connectivity index (χ2v) is 4.97. The van der Waals surface area contributed by atoms with Crippen LogP contribution in [0.1, 0.15) is 17.4 Å². The average Bonchev–Trinajstić information content (AvgIpc) is 2.88. The quantitative estimate of drug-likeness (QED) is 0.888. The summed E-state index contributed by atoms with van der Waals surface area (Å²) in [5.74, 6) is 1.06. The minimum Gasteiger partial charge on any atom is -0.361 e. The molecule has 0 bridgehead atoms. The summed E-state index contributed by atoms with van der Waals surface area (Å²) in [5, 5.41) is 14.6. The lowest BCUT2D eigenvalue weighted by molar-refractivity contribution is 0.160. The Kier molecular flexibility index (Phi) is 2.71. The van der Waals surface area contributed by atoms with E-state index in [4.69, 9.17) is 4.52 Å². The molecule has 2 aromatic rings. The smallest absolute Gasteiger partial charge is 0.323 e. The van der Waals surface area contributed by atoms with E-state index in [0.717, 1.165) is 11.5 Å². The lowest BCUT2D eigenvalue weighted by Gasteiger charge is -2.37. The molecule has 1 aliphatic heterocycles. The molecule has 94 valence electrons. The summed E-state index contributed by atoms with van der Waals surface area (Å²) in [6.07, 6.45) is 0. The van der Waals surface area contributed by atoms with Gasteiger partial charge >= 0.3 is 6.03 Å². The number of hydrogen-bond acceptors (Lipinski definition) is 6. The van der Waals surface area contributed by atoms with Gasteiger partial charge in [-0.05, 0) is 6.92 Å². The summed E-state index contributed by atoms with van der Waals surface area (Å²) < 4.78 is 5.02. The van der Waals surface area contributed by atoms with Crippen molar-refractivity contribution in [1.29, 1.82) is 0 Å². The van der Waals surface area contributed by atoms with Gasteiger partial charge in [0.05, 0.1) is 5.69 Å². The van der Waals surface area contributed by atoms with Gasteiger partial charge in [-0.25, -0.2) is 4.79 Å². The van der Waals surface area contributed by atoms with Gasteiger partial charge in [0.25, 0.3) is 0 Å². The van der Waals surface area contributed by atoms with Crippen LogP contribution in [0.25, 0.3) is 0 Å². The maximum absolute atomic E-state index is 11.8. The number of aromatic nitrogens is 3. The molecule has 7 nitrogen and oxygen atoms in total.